The lowest BCUT2D eigenvalue weighted by molar-refractivity contribution is -0.372. The first-order valence-corrected chi connectivity index (χ1v) is 3.72. The van der Waals surface area contributed by atoms with Crippen molar-refractivity contribution < 1.29 is 22.6 Å². The fourth-order valence-corrected chi connectivity index (χ4v) is 1.16. The van der Waals surface area contributed by atoms with E-state index in [1.54, 1.807) is 0 Å². The van der Waals surface area contributed by atoms with Gasteiger partial charge in [-0.25, -0.2) is 4.39 Å². The molecule has 0 spiro atoms. The molecule has 0 aromatic rings. The lowest BCUT2D eigenvalue weighted by Gasteiger charge is -2.24. The van der Waals surface area contributed by atoms with E-state index >= 15 is 0 Å². The molecule has 1 aliphatic rings. The summed E-state index contributed by atoms with van der Waals surface area (Å²) in [7, 11) is 0. The number of hydrogen-bond acceptors (Lipinski definition) is 2. The third-order valence-electron chi connectivity index (χ3n) is 1.93. The smallest absolute Gasteiger partial charge is 0.287 e. The summed E-state index contributed by atoms with van der Waals surface area (Å²) >= 11 is 0. The van der Waals surface area contributed by atoms with Gasteiger partial charge in [-0.1, -0.05) is 13.8 Å². The number of ether oxygens (including phenoxy) is 2. The van der Waals surface area contributed by atoms with Gasteiger partial charge in [-0.15, -0.1) is 8.78 Å². The Labute approximate surface area is 68.6 Å². The molecule has 0 radical (unpaired) electrons. The molecule has 0 aliphatic carbocycles. The Morgan fingerprint density at radius 2 is 1.75 bits per heavy atom. The van der Waals surface area contributed by atoms with Gasteiger partial charge in [-0.2, -0.15) is 0 Å². The molecule has 12 heavy (non-hydrogen) atoms. The molecule has 0 aromatic heterocycles. The highest BCUT2D eigenvalue weighted by molar-refractivity contribution is 4.84. The predicted molar refractivity (Wildman–Crippen MR) is 35.3 cm³/mol. The summed E-state index contributed by atoms with van der Waals surface area (Å²) in [6.45, 7) is 4.14. The van der Waals surface area contributed by atoms with Crippen molar-refractivity contribution >= 4 is 0 Å². The molecule has 1 rings (SSSR count). The Balaban J connectivity index is 2.81. The zero-order valence-electron chi connectivity index (χ0n) is 7.11. The zero-order chi connectivity index (χ0) is 9.57. The van der Waals surface area contributed by atoms with E-state index in [1.807, 2.05) is 0 Å². The van der Waals surface area contributed by atoms with Gasteiger partial charge in [-0.3, -0.25) is 9.47 Å². The van der Waals surface area contributed by atoms with E-state index in [4.69, 9.17) is 0 Å². The number of alkyl halides is 3. The van der Waals surface area contributed by atoms with Crippen molar-refractivity contribution in [1.82, 2.24) is 0 Å². The second-order valence-electron chi connectivity index (χ2n) is 3.18. The van der Waals surface area contributed by atoms with Crippen LogP contribution in [0.1, 0.15) is 20.8 Å². The van der Waals surface area contributed by atoms with Gasteiger partial charge in [0.25, 0.3) is 0 Å². The molecule has 1 fully saturated rings. The first-order valence-electron chi connectivity index (χ1n) is 3.72. The second kappa shape index (κ2) is 2.60. The van der Waals surface area contributed by atoms with Crippen LogP contribution in [0, 0.1) is 5.92 Å². The van der Waals surface area contributed by atoms with Crippen molar-refractivity contribution in [2.24, 2.45) is 5.92 Å². The normalized spacial score (nSPS) is 40.8. The largest absolute Gasteiger partial charge is 0.488 e. The molecule has 0 saturated carbocycles. The minimum Gasteiger partial charge on any atom is -0.287 e. The molecule has 1 heterocycles. The van der Waals surface area contributed by atoms with Crippen LogP contribution in [0.4, 0.5) is 13.2 Å². The van der Waals surface area contributed by atoms with E-state index in [2.05, 4.69) is 9.47 Å². The minimum absolute atomic E-state index is 0.666. The molecule has 0 N–H and O–H groups in total. The van der Waals surface area contributed by atoms with Gasteiger partial charge in [0.1, 0.15) is 6.10 Å². The Kier molecular flexibility index (Phi) is 2.12. The van der Waals surface area contributed by atoms with E-state index in [0.717, 1.165) is 0 Å². The lowest BCUT2D eigenvalue weighted by atomic mass is 10.0. The van der Waals surface area contributed by atoms with Gasteiger partial charge in [0, 0.05) is 5.92 Å². The van der Waals surface area contributed by atoms with Crippen LogP contribution >= 0.6 is 0 Å². The van der Waals surface area contributed by atoms with Crippen LogP contribution in [0.5, 0.6) is 0 Å². The van der Waals surface area contributed by atoms with Crippen molar-refractivity contribution in [3.63, 3.8) is 0 Å². The molecule has 0 aromatic carbocycles. The highest BCUT2D eigenvalue weighted by Crippen LogP contribution is 2.43. The fraction of sp³-hybridized carbons (Fsp3) is 1.00. The molecular formula is C7H11F3O2. The maximum absolute atomic E-state index is 13.5. The van der Waals surface area contributed by atoms with E-state index in [0.29, 0.717) is 0 Å². The molecule has 5 heteroatoms. The highest BCUT2D eigenvalue weighted by atomic mass is 19.3. The van der Waals surface area contributed by atoms with Crippen LogP contribution in [0.15, 0.2) is 0 Å². The van der Waals surface area contributed by atoms with Gasteiger partial charge >= 0.3 is 6.29 Å². The summed E-state index contributed by atoms with van der Waals surface area (Å²) in [5.74, 6) is -3.05. The zero-order valence-corrected chi connectivity index (χ0v) is 7.11. The van der Waals surface area contributed by atoms with Crippen molar-refractivity contribution in [2.45, 2.75) is 39.0 Å². The van der Waals surface area contributed by atoms with Gasteiger partial charge in [0.15, 0.2) is 0 Å². The first-order chi connectivity index (χ1) is 5.28. The topological polar surface area (TPSA) is 18.5 Å². The molecule has 1 aliphatic heterocycles. The minimum atomic E-state index is -3.79. The molecule has 2 nitrogen and oxygen atoms in total. The van der Waals surface area contributed by atoms with Gasteiger partial charge in [0.05, 0.1) is 0 Å². The van der Waals surface area contributed by atoms with Gasteiger partial charge in [0.2, 0.25) is 5.85 Å². The van der Waals surface area contributed by atoms with E-state index in [1.165, 1.54) is 20.8 Å². The van der Waals surface area contributed by atoms with Crippen molar-refractivity contribution in [1.29, 1.82) is 0 Å². The summed E-state index contributed by atoms with van der Waals surface area (Å²) in [6, 6.07) is 0. The molecule has 2 unspecified atom stereocenters. The number of halogens is 3. The fourth-order valence-electron chi connectivity index (χ4n) is 1.16. The Morgan fingerprint density at radius 1 is 1.25 bits per heavy atom. The first kappa shape index (κ1) is 9.80. The molecule has 0 amide bonds. The Bertz CT molecular complexity index is 183. The van der Waals surface area contributed by atoms with Crippen molar-refractivity contribution in [3.05, 3.63) is 0 Å². The summed E-state index contributed by atoms with van der Waals surface area (Å²) < 4.78 is 46.1. The Hall–Kier alpha value is -0.290. The van der Waals surface area contributed by atoms with E-state index in [9.17, 15) is 13.2 Å². The maximum Gasteiger partial charge on any atom is 0.488 e. The van der Waals surface area contributed by atoms with E-state index in [-0.39, 0.29) is 0 Å². The maximum atomic E-state index is 13.5. The third-order valence-corrected chi connectivity index (χ3v) is 1.93. The van der Waals surface area contributed by atoms with Gasteiger partial charge in [-0.05, 0) is 6.92 Å². The Morgan fingerprint density at radius 3 is 1.92 bits per heavy atom. The van der Waals surface area contributed by atoms with Crippen LogP contribution in [0.25, 0.3) is 0 Å². The average molecular weight is 184 g/mol. The van der Waals surface area contributed by atoms with E-state index < -0.39 is 24.2 Å². The average Bonchev–Trinajstić information content (AvgIpc) is 2.03. The molecule has 72 valence electrons. The number of hydrogen-bond donors (Lipinski definition) is 0. The summed E-state index contributed by atoms with van der Waals surface area (Å²) in [6.07, 6.45) is -5.04. The van der Waals surface area contributed by atoms with Gasteiger partial charge < -0.3 is 0 Å². The molecule has 0 bridgehead atoms. The third kappa shape index (κ3) is 1.43. The second-order valence-corrected chi connectivity index (χ2v) is 3.18. The quantitative estimate of drug-likeness (QED) is 0.622. The summed E-state index contributed by atoms with van der Waals surface area (Å²) in [5.41, 5.74) is 0. The lowest BCUT2D eigenvalue weighted by Crippen LogP contribution is -2.38. The van der Waals surface area contributed by atoms with Crippen LogP contribution in [-0.4, -0.2) is 18.3 Å². The summed E-state index contributed by atoms with van der Waals surface area (Å²) in [4.78, 5) is 0. The van der Waals surface area contributed by atoms with Crippen molar-refractivity contribution in [2.75, 3.05) is 0 Å². The number of rotatable bonds is 1. The van der Waals surface area contributed by atoms with Crippen LogP contribution in [0.2, 0.25) is 0 Å². The van der Waals surface area contributed by atoms with Crippen molar-refractivity contribution in [3.8, 4) is 0 Å². The molecular weight excluding hydrogens is 173 g/mol. The van der Waals surface area contributed by atoms with Crippen LogP contribution in [-0.2, 0) is 9.47 Å². The molecule has 2 atom stereocenters. The SMILES string of the molecule is CC(C)C1(F)OC(F)(F)OC1C. The molecule has 1 saturated heterocycles. The predicted octanol–water partition coefficient (Wildman–Crippen LogP) is 2.29. The monoisotopic (exact) mass is 184 g/mol. The standard InChI is InChI=1S/C7H11F3O2/c1-4(2)6(8)5(3)11-7(9,10)12-6/h4-5H,1-3H3. The highest BCUT2D eigenvalue weighted by Gasteiger charge is 2.59. The summed E-state index contributed by atoms with van der Waals surface area (Å²) in [5, 5.41) is 0. The van der Waals surface area contributed by atoms with Crippen LogP contribution in [0.3, 0.4) is 0 Å². The van der Waals surface area contributed by atoms with Crippen LogP contribution < -0.4 is 0 Å².